The maximum atomic E-state index is 3.53. The Morgan fingerprint density at radius 1 is 1.33 bits per heavy atom. The van der Waals surface area contributed by atoms with Crippen LogP contribution in [0.15, 0.2) is 0 Å². The zero-order chi connectivity index (χ0) is 9.40. The second-order valence-electron chi connectivity index (χ2n) is 3.31. The standard InChI is InChI=1S/C9H19N.CH4S/c1-3-9-6-5-7-10(4-2)8-9;1-2/h9H,3-8H2,1-2H3;2H,1H3. The van der Waals surface area contributed by atoms with E-state index in [1.165, 1.54) is 38.9 Å². The lowest BCUT2D eigenvalue weighted by atomic mass is 9.96. The second-order valence-corrected chi connectivity index (χ2v) is 3.31. The summed E-state index contributed by atoms with van der Waals surface area (Å²) in [5, 5.41) is 0. The molecule has 1 saturated heterocycles. The fraction of sp³-hybridized carbons (Fsp3) is 1.00. The van der Waals surface area contributed by atoms with Gasteiger partial charge in [0.2, 0.25) is 0 Å². The van der Waals surface area contributed by atoms with Crippen molar-refractivity contribution in [2.24, 2.45) is 5.92 Å². The molecule has 1 fully saturated rings. The minimum absolute atomic E-state index is 0.994. The normalized spacial score (nSPS) is 24.5. The predicted octanol–water partition coefficient (Wildman–Crippen LogP) is 2.67. The first kappa shape index (κ1) is 12.3. The van der Waals surface area contributed by atoms with Gasteiger partial charge in [-0.3, -0.25) is 0 Å². The molecule has 1 atom stereocenters. The number of rotatable bonds is 2. The molecule has 74 valence electrons. The van der Waals surface area contributed by atoms with Crippen molar-refractivity contribution in [1.82, 2.24) is 4.90 Å². The van der Waals surface area contributed by atoms with Gasteiger partial charge in [-0.05, 0) is 38.1 Å². The summed E-state index contributed by atoms with van der Waals surface area (Å²) >= 11 is 3.53. The van der Waals surface area contributed by atoms with Gasteiger partial charge in [0.15, 0.2) is 0 Å². The smallest absolute Gasteiger partial charge is 0.000945 e. The van der Waals surface area contributed by atoms with Crippen LogP contribution in [0.5, 0.6) is 0 Å². The SMILES string of the molecule is CCC1CCCN(CC)C1.CS. The van der Waals surface area contributed by atoms with E-state index in [-0.39, 0.29) is 0 Å². The summed E-state index contributed by atoms with van der Waals surface area (Å²) in [4.78, 5) is 2.57. The highest BCUT2D eigenvalue weighted by Gasteiger charge is 2.15. The Hall–Kier alpha value is 0.310. The summed E-state index contributed by atoms with van der Waals surface area (Å²) in [6, 6.07) is 0. The average molecular weight is 189 g/mol. The molecule has 0 saturated carbocycles. The Bertz CT molecular complexity index is 85.8. The van der Waals surface area contributed by atoms with Gasteiger partial charge in [-0.15, -0.1) is 0 Å². The Morgan fingerprint density at radius 2 is 2.00 bits per heavy atom. The third-order valence-corrected chi connectivity index (χ3v) is 2.63. The molecule has 0 aliphatic carbocycles. The van der Waals surface area contributed by atoms with Crippen LogP contribution in [-0.2, 0) is 0 Å². The van der Waals surface area contributed by atoms with Crippen LogP contribution in [-0.4, -0.2) is 30.8 Å². The van der Waals surface area contributed by atoms with Gasteiger partial charge in [0.05, 0.1) is 0 Å². The molecule has 0 amide bonds. The molecular weight excluding hydrogens is 166 g/mol. The lowest BCUT2D eigenvalue weighted by Gasteiger charge is -2.31. The Labute approximate surface area is 82.9 Å². The van der Waals surface area contributed by atoms with Crippen molar-refractivity contribution >= 4 is 12.6 Å². The maximum Gasteiger partial charge on any atom is 0.000945 e. The van der Waals surface area contributed by atoms with Gasteiger partial charge in [0.1, 0.15) is 0 Å². The summed E-state index contributed by atoms with van der Waals surface area (Å²) < 4.78 is 0. The summed E-state index contributed by atoms with van der Waals surface area (Å²) in [5.41, 5.74) is 0. The maximum absolute atomic E-state index is 3.53. The highest BCUT2D eigenvalue weighted by Crippen LogP contribution is 2.18. The van der Waals surface area contributed by atoms with E-state index in [1.807, 2.05) is 0 Å². The summed E-state index contributed by atoms with van der Waals surface area (Å²) in [5.74, 6) is 0.994. The minimum atomic E-state index is 0.994. The van der Waals surface area contributed by atoms with Gasteiger partial charge in [-0.2, -0.15) is 12.6 Å². The first-order chi connectivity index (χ1) is 5.86. The van der Waals surface area contributed by atoms with Gasteiger partial charge in [0, 0.05) is 6.54 Å². The van der Waals surface area contributed by atoms with Crippen LogP contribution in [0, 0.1) is 5.92 Å². The summed E-state index contributed by atoms with van der Waals surface area (Å²) in [7, 11) is 0. The van der Waals surface area contributed by atoms with E-state index in [9.17, 15) is 0 Å². The molecule has 1 aliphatic rings. The highest BCUT2D eigenvalue weighted by atomic mass is 32.1. The highest BCUT2D eigenvalue weighted by molar-refractivity contribution is 7.79. The quantitative estimate of drug-likeness (QED) is 0.654. The van der Waals surface area contributed by atoms with Gasteiger partial charge in [-0.1, -0.05) is 20.3 Å². The van der Waals surface area contributed by atoms with Crippen LogP contribution in [0.2, 0.25) is 0 Å². The molecule has 2 heteroatoms. The number of likely N-dealkylation sites (tertiary alicyclic amines) is 1. The van der Waals surface area contributed by atoms with Crippen molar-refractivity contribution < 1.29 is 0 Å². The first-order valence-corrected chi connectivity index (χ1v) is 5.93. The zero-order valence-corrected chi connectivity index (χ0v) is 9.61. The van der Waals surface area contributed by atoms with Gasteiger partial charge in [-0.25, -0.2) is 0 Å². The number of thiol groups is 1. The van der Waals surface area contributed by atoms with Crippen molar-refractivity contribution in [1.29, 1.82) is 0 Å². The van der Waals surface area contributed by atoms with E-state index in [0.29, 0.717) is 0 Å². The lowest BCUT2D eigenvalue weighted by Crippen LogP contribution is -2.34. The molecular formula is C10H23NS. The van der Waals surface area contributed by atoms with Crippen LogP contribution in [0.1, 0.15) is 33.1 Å². The van der Waals surface area contributed by atoms with Crippen LogP contribution in [0.25, 0.3) is 0 Å². The van der Waals surface area contributed by atoms with Gasteiger partial charge in [0.25, 0.3) is 0 Å². The van der Waals surface area contributed by atoms with Gasteiger partial charge >= 0.3 is 0 Å². The Morgan fingerprint density at radius 3 is 2.50 bits per heavy atom. The molecule has 1 aliphatic heterocycles. The topological polar surface area (TPSA) is 3.24 Å². The number of nitrogens with zero attached hydrogens (tertiary/aromatic N) is 1. The van der Waals surface area contributed by atoms with Crippen molar-refractivity contribution in [3.8, 4) is 0 Å². The van der Waals surface area contributed by atoms with Crippen molar-refractivity contribution in [3.63, 3.8) is 0 Å². The van der Waals surface area contributed by atoms with E-state index in [2.05, 4.69) is 31.4 Å². The van der Waals surface area contributed by atoms with Crippen molar-refractivity contribution in [2.75, 3.05) is 25.9 Å². The van der Waals surface area contributed by atoms with Crippen LogP contribution >= 0.6 is 12.6 Å². The van der Waals surface area contributed by atoms with E-state index >= 15 is 0 Å². The molecule has 0 spiro atoms. The third-order valence-electron chi connectivity index (χ3n) is 2.63. The molecule has 0 N–H and O–H groups in total. The average Bonchev–Trinajstić information content (AvgIpc) is 2.21. The van der Waals surface area contributed by atoms with Crippen LogP contribution in [0.3, 0.4) is 0 Å². The number of hydrogen-bond acceptors (Lipinski definition) is 2. The monoisotopic (exact) mass is 189 g/mol. The molecule has 0 aromatic carbocycles. The lowest BCUT2D eigenvalue weighted by molar-refractivity contribution is 0.179. The number of hydrogen-bond donors (Lipinski definition) is 1. The van der Waals surface area contributed by atoms with Gasteiger partial charge < -0.3 is 4.90 Å². The summed E-state index contributed by atoms with van der Waals surface area (Å²) in [6.45, 7) is 8.51. The van der Waals surface area contributed by atoms with Crippen LogP contribution < -0.4 is 0 Å². The molecule has 1 unspecified atom stereocenters. The van der Waals surface area contributed by atoms with Crippen molar-refractivity contribution in [3.05, 3.63) is 0 Å². The van der Waals surface area contributed by atoms with E-state index < -0.39 is 0 Å². The largest absolute Gasteiger partial charge is 0.303 e. The fourth-order valence-electron chi connectivity index (χ4n) is 1.77. The Balaban J connectivity index is 0.000000561. The third kappa shape index (κ3) is 4.36. The summed E-state index contributed by atoms with van der Waals surface area (Å²) in [6.07, 6.45) is 5.95. The van der Waals surface area contributed by atoms with E-state index in [4.69, 9.17) is 0 Å². The molecule has 12 heavy (non-hydrogen) atoms. The fourth-order valence-corrected chi connectivity index (χ4v) is 1.77. The molecule has 0 radical (unpaired) electrons. The molecule has 1 rings (SSSR count). The molecule has 0 aromatic rings. The second kappa shape index (κ2) is 7.93. The van der Waals surface area contributed by atoms with Crippen molar-refractivity contribution in [2.45, 2.75) is 33.1 Å². The first-order valence-electron chi connectivity index (χ1n) is 5.03. The Kier molecular flexibility index (Phi) is 8.14. The van der Waals surface area contributed by atoms with Crippen LogP contribution in [0.4, 0.5) is 0 Å². The van der Waals surface area contributed by atoms with E-state index in [0.717, 1.165) is 5.92 Å². The zero-order valence-electron chi connectivity index (χ0n) is 8.71. The molecule has 1 heterocycles. The predicted molar refractivity (Wildman–Crippen MR) is 60.0 cm³/mol. The molecule has 1 nitrogen and oxygen atoms in total. The van der Waals surface area contributed by atoms with E-state index in [1.54, 1.807) is 6.26 Å². The molecule has 0 bridgehead atoms. The molecule has 0 aromatic heterocycles. The number of piperidine rings is 1. The minimum Gasteiger partial charge on any atom is -0.303 e.